The number of thioether (sulfide) groups is 1. The highest BCUT2D eigenvalue weighted by atomic mass is 32.2. The first-order valence-corrected chi connectivity index (χ1v) is 10.2. The molecule has 0 radical (unpaired) electrons. The molecule has 0 heterocycles. The molecule has 0 aliphatic heterocycles. The number of rotatable bonds is 10. The summed E-state index contributed by atoms with van der Waals surface area (Å²) in [6.45, 7) is 9.31. The van der Waals surface area contributed by atoms with E-state index in [0.717, 1.165) is 12.2 Å². The zero-order chi connectivity index (χ0) is 20.6. The summed E-state index contributed by atoms with van der Waals surface area (Å²) in [5.41, 5.74) is 1.45. The number of ether oxygens (including phenoxy) is 1. The van der Waals surface area contributed by atoms with Crippen LogP contribution < -0.4 is 0 Å². The van der Waals surface area contributed by atoms with Crippen molar-refractivity contribution in [3.05, 3.63) is 41.0 Å². The van der Waals surface area contributed by atoms with Crippen LogP contribution >= 0.6 is 11.8 Å². The average molecular weight is 393 g/mol. The fourth-order valence-corrected chi connectivity index (χ4v) is 3.35. The number of Topliss-reactive ketones (excluding diaryl/α,β-unsaturated/α-hetero) is 1. The topological polar surface area (TPSA) is 80.7 Å². The highest BCUT2D eigenvalue weighted by molar-refractivity contribution is 7.99. The fourth-order valence-electron chi connectivity index (χ4n) is 2.59. The van der Waals surface area contributed by atoms with Crippen LogP contribution in [0, 0.1) is 5.92 Å². The lowest BCUT2D eigenvalue weighted by Crippen LogP contribution is -2.23. The van der Waals surface area contributed by atoms with Gasteiger partial charge in [-0.25, -0.2) is 9.59 Å². The Morgan fingerprint density at radius 3 is 2.04 bits per heavy atom. The molecule has 0 amide bonds. The number of carbonyl (C=O) groups excluding carboxylic acids is 2. The molecule has 0 aromatic heterocycles. The summed E-state index contributed by atoms with van der Waals surface area (Å²) in [5, 5.41) is 9.09. The molecule has 5 nitrogen and oxygen atoms in total. The maximum absolute atomic E-state index is 12.9. The van der Waals surface area contributed by atoms with Crippen LogP contribution in [0.1, 0.15) is 57.0 Å². The minimum atomic E-state index is -1.02. The number of carbonyl (C=O) groups is 3. The smallest absolute Gasteiger partial charge is 0.342 e. The van der Waals surface area contributed by atoms with E-state index < -0.39 is 11.9 Å². The van der Waals surface area contributed by atoms with Gasteiger partial charge >= 0.3 is 11.9 Å². The van der Waals surface area contributed by atoms with Gasteiger partial charge in [-0.3, -0.25) is 4.79 Å². The molecule has 148 valence electrons. The molecule has 1 N–H and O–H groups in total. The molecule has 0 aliphatic carbocycles. The second kappa shape index (κ2) is 10.9. The maximum Gasteiger partial charge on any atom is 0.342 e. The van der Waals surface area contributed by atoms with Gasteiger partial charge in [-0.1, -0.05) is 32.9 Å². The minimum Gasteiger partial charge on any atom is -0.478 e. The quantitative estimate of drug-likeness (QED) is 0.208. The molecule has 1 aromatic carbocycles. The monoisotopic (exact) mass is 392 g/mol. The van der Waals surface area contributed by atoms with Gasteiger partial charge in [0.25, 0.3) is 0 Å². The number of esters is 1. The zero-order valence-corrected chi connectivity index (χ0v) is 17.4. The summed E-state index contributed by atoms with van der Waals surface area (Å²) >= 11 is 1.49. The highest BCUT2D eigenvalue weighted by Crippen LogP contribution is 2.29. The van der Waals surface area contributed by atoms with Crippen molar-refractivity contribution in [1.82, 2.24) is 0 Å². The molecule has 0 bridgehead atoms. The van der Waals surface area contributed by atoms with E-state index in [1.165, 1.54) is 23.9 Å². The number of hydrogen-bond donors (Lipinski definition) is 1. The third kappa shape index (κ3) is 6.86. The van der Waals surface area contributed by atoms with Crippen LogP contribution in [0.2, 0.25) is 0 Å². The third-order valence-corrected chi connectivity index (χ3v) is 4.86. The summed E-state index contributed by atoms with van der Waals surface area (Å²) in [7, 11) is 0. The van der Waals surface area contributed by atoms with Crippen molar-refractivity contribution in [1.29, 1.82) is 0 Å². The van der Waals surface area contributed by atoms with E-state index in [1.54, 1.807) is 26.0 Å². The highest BCUT2D eigenvalue weighted by Gasteiger charge is 2.27. The van der Waals surface area contributed by atoms with Crippen molar-refractivity contribution >= 4 is 35.1 Å². The van der Waals surface area contributed by atoms with Crippen molar-refractivity contribution in [2.75, 3.05) is 11.5 Å². The van der Waals surface area contributed by atoms with Gasteiger partial charge < -0.3 is 9.84 Å². The Hall–Kier alpha value is -2.08. The van der Waals surface area contributed by atoms with Gasteiger partial charge in [0.05, 0.1) is 17.4 Å². The van der Waals surface area contributed by atoms with E-state index in [1.807, 2.05) is 20.8 Å². The van der Waals surface area contributed by atoms with Crippen molar-refractivity contribution in [2.45, 2.75) is 47.1 Å². The molecule has 1 aromatic rings. The first-order chi connectivity index (χ1) is 12.7. The number of aromatic carboxylic acids is 1. The van der Waals surface area contributed by atoms with Crippen molar-refractivity contribution in [3.8, 4) is 0 Å². The lowest BCUT2D eigenvalue weighted by atomic mass is 9.88. The molecule has 0 atom stereocenters. The van der Waals surface area contributed by atoms with Gasteiger partial charge in [0, 0.05) is 0 Å². The second-order valence-electron chi connectivity index (χ2n) is 6.76. The van der Waals surface area contributed by atoms with Crippen LogP contribution in [0.4, 0.5) is 0 Å². The minimum absolute atomic E-state index is 0.0605. The summed E-state index contributed by atoms with van der Waals surface area (Å²) in [6, 6.07) is 6.21. The van der Waals surface area contributed by atoms with Crippen LogP contribution in [-0.2, 0) is 14.3 Å². The fraction of sp³-hybridized carbons (Fsp3) is 0.476. The Balaban J connectivity index is 3.45. The van der Waals surface area contributed by atoms with E-state index in [2.05, 4.69) is 0 Å². The molecule has 6 heteroatoms. The third-order valence-electron chi connectivity index (χ3n) is 3.70. The number of ketones is 1. The number of carboxylic acids is 1. The van der Waals surface area contributed by atoms with Crippen LogP contribution in [0.5, 0.6) is 0 Å². The van der Waals surface area contributed by atoms with Crippen LogP contribution in [0.3, 0.4) is 0 Å². The number of carboxylic acid groups (broad SMARTS) is 1. The SMILES string of the molecule is CCCSCC(=O)C(C(=O)OC(C)C)=C(c1ccc(C(=O)O)cc1)C(C)C. The molecular weight excluding hydrogens is 364 g/mol. The normalized spacial score (nSPS) is 12.1. The molecule has 0 aliphatic rings. The van der Waals surface area contributed by atoms with E-state index in [4.69, 9.17) is 9.84 Å². The van der Waals surface area contributed by atoms with Gasteiger partial charge in [0.2, 0.25) is 0 Å². The standard InChI is InChI=1S/C21H28O5S/c1-6-11-27-12-17(22)19(21(25)26-14(4)5)18(13(2)3)15-7-9-16(10-8-15)20(23)24/h7-10,13-14H,6,11-12H2,1-5H3,(H,23,24). The maximum atomic E-state index is 12.9. The van der Waals surface area contributed by atoms with Gasteiger partial charge in [-0.05, 0) is 55.2 Å². The molecule has 27 heavy (non-hydrogen) atoms. The van der Waals surface area contributed by atoms with E-state index in [9.17, 15) is 14.4 Å². The number of hydrogen-bond acceptors (Lipinski definition) is 5. The lowest BCUT2D eigenvalue weighted by Gasteiger charge is -2.19. The Kier molecular flexibility index (Phi) is 9.29. The summed E-state index contributed by atoms with van der Waals surface area (Å²) in [4.78, 5) is 36.7. The van der Waals surface area contributed by atoms with Gasteiger partial charge in [0.15, 0.2) is 5.78 Å². The number of benzene rings is 1. The molecular formula is C21H28O5S. The zero-order valence-electron chi connectivity index (χ0n) is 16.6. The Labute approximate surface area is 165 Å². The average Bonchev–Trinajstić information content (AvgIpc) is 2.58. The molecule has 0 spiro atoms. The first kappa shape index (κ1) is 23.0. The lowest BCUT2D eigenvalue weighted by molar-refractivity contribution is -0.143. The Morgan fingerprint density at radius 2 is 1.59 bits per heavy atom. The first-order valence-electron chi connectivity index (χ1n) is 9.08. The Bertz CT molecular complexity index is 702. The number of allylic oxidation sites excluding steroid dienone is 1. The second-order valence-corrected chi connectivity index (χ2v) is 7.86. The van der Waals surface area contributed by atoms with Crippen molar-refractivity contribution in [3.63, 3.8) is 0 Å². The van der Waals surface area contributed by atoms with Gasteiger partial charge in [0.1, 0.15) is 5.57 Å². The van der Waals surface area contributed by atoms with Crippen LogP contribution in [0.25, 0.3) is 5.57 Å². The molecule has 0 unspecified atom stereocenters. The Morgan fingerprint density at radius 1 is 1.04 bits per heavy atom. The van der Waals surface area contributed by atoms with Crippen LogP contribution in [-0.4, -0.2) is 40.4 Å². The van der Waals surface area contributed by atoms with E-state index in [-0.39, 0.29) is 34.7 Å². The summed E-state index contributed by atoms with van der Waals surface area (Å²) < 4.78 is 5.33. The van der Waals surface area contributed by atoms with Crippen molar-refractivity contribution < 1.29 is 24.2 Å². The van der Waals surface area contributed by atoms with E-state index in [0.29, 0.717) is 11.1 Å². The molecule has 1 rings (SSSR count). The molecule has 0 saturated carbocycles. The van der Waals surface area contributed by atoms with Crippen LogP contribution in [0.15, 0.2) is 29.8 Å². The van der Waals surface area contributed by atoms with E-state index >= 15 is 0 Å². The summed E-state index contributed by atoms with van der Waals surface area (Å²) in [5.74, 6) is -0.982. The van der Waals surface area contributed by atoms with Crippen molar-refractivity contribution in [2.24, 2.45) is 5.92 Å². The largest absolute Gasteiger partial charge is 0.478 e. The van der Waals surface area contributed by atoms with Gasteiger partial charge in [-0.2, -0.15) is 11.8 Å². The predicted octanol–water partition coefficient (Wildman–Crippen LogP) is 4.46. The molecule has 0 fully saturated rings. The molecule has 0 saturated heterocycles. The van der Waals surface area contributed by atoms with Gasteiger partial charge in [-0.15, -0.1) is 0 Å². The predicted molar refractivity (Wildman–Crippen MR) is 109 cm³/mol. The summed E-state index contributed by atoms with van der Waals surface area (Å²) in [6.07, 6.45) is 0.604.